The molecule has 7 heteroatoms. The summed E-state index contributed by atoms with van der Waals surface area (Å²) in [7, 11) is -4.52. The summed E-state index contributed by atoms with van der Waals surface area (Å²) in [5, 5.41) is 3.27. The molecule has 0 spiro atoms. The highest BCUT2D eigenvalue weighted by Crippen LogP contribution is 2.41. The molecule has 1 unspecified atom stereocenters. The summed E-state index contributed by atoms with van der Waals surface area (Å²) in [4.78, 5) is 20.0. The average molecular weight is 338 g/mol. The molecule has 0 radical (unpaired) electrons. The van der Waals surface area contributed by atoms with Crippen molar-refractivity contribution in [2.45, 2.75) is 12.3 Å². The Morgan fingerprint density at radius 3 is 2.65 bits per heavy atom. The predicted molar refractivity (Wildman–Crippen MR) is 91.8 cm³/mol. The number of fused-ring (bicyclic) bond motifs is 1. The third kappa shape index (κ3) is 5.22. The van der Waals surface area contributed by atoms with Gasteiger partial charge >= 0.3 is 7.82 Å². The van der Waals surface area contributed by atoms with Crippen LogP contribution in [-0.2, 0) is 4.57 Å². The van der Waals surface area contributed by atoms with Gasteiger partial charge in [-0.3, -0.25) is 14.7 Å². The molecule has 126 valence electrons. The molecule has 0 amide bonds. The maximum atomic E-state index is 10.9. The normalized spacial score (nSPS) is 16.7. The molecule has 1 aliphatic rings. The zero-order valence-corrected chi connectivity index (χ0v) is 13.9. The van der Waals surface area contributed by atoms with E-state index in [1.807, 2.05) is 18.2 Å². The van der Waals surface area contributed by atoms with Crippen LogP contribution in [0, 0.1) is 0 Å². The fourth-order valence-electron chi connectivity index (χ4n) is 2.80. The van der Waals surface area contributed by atoms with E-state index in [2.05, 4.69) is 27.9 Å². The lowest BCUT2D eigenvalue weighted by Crippen LogP contribution is -2.26. The summed E-state index contributed by atoms with van der Waals surface area (Å²) in [6.07, 6.45) is 4.76. The molecule has 0 bridgehead atoms. The van der Waals surface area contributed by atoms with Crippen molar-refractivity contribution in [3.05, 3.63) is 49.1 Å². The predicted octanol–water partition coefficient (Wildman–Crippen LogP) is 2.73. The molecule has 0 fully saturated rings. The van der Waals surface area contributed by atoms with Crippen molar-refractivity contribution in [1.29, 1.82) is 0 Å². The maximum Gasteiger partial charge on any atom is 0.524 e. The third-order valence-electron chi connectivity index (χ3n) is 3.80. The van der Waals surface area contributed by atoms with Crippen molar-refractivity contribution in [2.75, 3.05) is 31.5 Å². The zero-order chi connectivity index (χ0) is 16.9. The Hall–Kier alpha value is -1.59. The first kappa shape index (κ1) is 17.8. The fraction of sp³-hybridized carbons (Fsp3) is 0.375. The lowest BCUT2D eigenvalue weighted by atomic mass is 9.97. The smallest absolute Gasteiger partial charge is 0.404 e. The molecule has 1 aliphatic heterocycles. The van der Waals surface area contributed by atoms with Gasteiger partial charge < -0.3 is 9.84 Å². The van der Waals surface area contributed by atoms with Gasteiger partial charge in [0.25, 0.3) is 0 Å². The van der Waals surface area contributed by atoms with Gasteiger partial charge in [-0.1, -0.05) is 18.2 Å². The number of nitrogens with one attached hydrogen (secondary N) is 1. The molecule has 0 saturated heterocycles. The van der Waals surface area contributed by atoms with Crippen molar-refractivity contribution in [1.82, 2.24) is 4.90 Å². The highest BCUT2D eigenvalue weighted by atomic mass is 31.2. The number of hydrogen-bond acceptors (Lipinski definition) is 4. The number of phosphoric acid groups is 1. The van der Waals surface area contributed by atoms with E-state index in [1.54, 1.807) is 12.1 Å². The summed E-state index contributed by atoms with van der Waals surface area (Å²) < 4.78 is 15.5. The Bertz CT molecular complexity index is 604. The summed E-state index contributed by atoms with van der Waals surface area (Å²) in [5.74, 6) is 0.538. The van der Waals surface area contributed by atoms with E-state index >= 15 is 0 Å². The number of phosphoric ester groups is 1. The molecule has 1 atom stereocenters. The molecule has 0 saturated carbocycles. The number of anilines is 1. The summed E-state index contributed by atoms with van der Waals surface area (Å²) in [6, 6.07) is 5.11. The largest absolute Gasteiger partial charge is 0.524 e. The van der Waals surface area contributed by atoms with E-state index in [9.17, 15) is 4.57 Å². The SMILES string of the molecule is C=CCN(CC=C)CCC1CNc2cc(OP(=O)(O)O)ccc21. The first-order valence-corrected chi connectivity index (χ1v) is 9.03. The molecule has 2 rings (SSSR count). The van der Waals surface area contributed by atoms with Crippen LogP contribution in [0.25, 0.3) is 0 Å². The molecule has 6 nitrogen and oxygen atoms in total. The van der Waals surface area contributed by atoms with Crippen LogP contribution in [0.2, 0.25) is 0 Å². The number of benzene rings is 1. The van der Waals surface area contributed by atoms with E-state index in [4.69, 9.17) is 9.79 Å². The van der Waals surface area contributed by atoms with Gasteiger partial charge in [0.05, 0.1) is 0 Å². The first-order valence-electron chi connectivity index (χ1n) is 7.50. The van der Waals surface area contributed by atoms with Gasteiger partial charge in [-0.15, -0.1) is 13.2 Å². The summed E-state index contributed by atoms with van der Waals surface area (Å²) in [5.41, 5.74) is 2.03. The quantitative estimate of drug-likeness (QED) is 0.474. The second-order valence-corrected chi connectivity index (χ2v) is 6.70. The van der Waals surface area contributed by atoms with E-state index in [0.29, 0.717) is 5.92 Å². The monoisotopic (exact) mass is 338 g/mol. The molecule has 1 aromatic carbocycles. The fourth-order valence-corrected chi connectivity index (χ4v) is 3.19. The van der Waals surface area contributed by atoms with E-state index in [1.165, 1.54) is 0 Å². The van der Waals surface area contributed by atoms with Crippen LogP contribution in [0.1, 0.15) is 17.9 Å². The lowest BCUT2D eigenvalue weighted by molar-refractivity contribution is 0.283. The topological polar surface area (TPSA) is 82.0 Å². The standard InChI is InChI=1S/C16H23N2O4P/c1-3-8-18(9-4-2)10-7-13-12-17-16-11-14(5-6-15(13)16)22-23(19,20)21/h3-6,11,13,17H,1-2,7-10,12H2,(H2,19,20,21). The van der Waals surface area contributed by atoms with Crippen molar-refractivity contribution in [2.24, 2.45) is 0 Å². The maximum absolute atomic E-state index is 10.9. The Morgan fingerprint density at radius 2 is 2.04 bits per heavy atom. The van der Waals surface area contributed by atoms with Gasteiger partial charge in [-0.2, -0.15) is 0 Å². The first-order chi connectivity index (χ1) is 10.9. The second-order valence-electron chi connectivity index (χ2n) is 5.53. The highest BCUT2D eigenvalue weighted by Gasteiger charge is 2.24. The van der Waals surface area contributed by atoms with Crippen molar-refractivity contribution < 1.29 is 18.9 Å². The van der Waals surface area contributed by atoms with Crippen LogP contribution in [0.5, 0.6) is 5.75 Å². The van der Waals surface area contributed by atoms with Gasteiger partial charge in [-0.25, -0.2) is 4.57 Å². The van der Waals surface area contributed by atoms with E-state index in [-0.39, 0.29) is 5.75 Å². The molecule has 1 aromatic rings. The van der Waals surface area contributed by atoms with Gasteiger partial charge in [0.2, 0.25) is 0 Å². The molecule has 3 N–H and O–H groups in total. The Labute approximate surface area is 136 Å². The van der Waals surface area contributed by atoms with Gasteiger partial charge in [-0.05, 0) is 24.6 Å². The molecular formula is C16H23N2O4P. The van der Waals surface area contributed by atoms with Crippen LogP contribution in [-0.4, -0.2) is 40.9 Å². The van der Waals surface area contributed by atoms with Crippen LogP contribution in [0.15, 0.2) is 43.5 Å². The minimum Gasteiger partial charge on any atom is -0.404 e. The minimum atomic E-state index is -4.52. The lowest BCUT2D eigenvalue weighted by Gasteiger charge is -2.20. The molecule has 0 aromatic heterocycles. The molecule has 0 aliphatic carbocycles. The second kappa shape index (κ2) is 7.79. The Balaban J connectivity index is 2.00. The van der Waals surface area contributed by atoms with Crippen molar-refractivity contribution in [3.63, 3.8) is 0 Å². The number of rotatable bonds is 9. The van der Waals surface area contributed by atoms with Crippen LogP contribution in [0.4, 0.5) is 5.69 Å². The van der Waals surface area contributed by atoms with Crippen LogP contribution < -0.4 is 9.84 Å². The van der Waals surface area contributed by atoms with Gasteiger partial charge in [0, 0.05) is 37.3 Å². The summed E-state index contributed by atoms with van der Waals surface area (Å²) in [6.45, 7) is 10.9. The van der Waals surface area contributed by atoms with E-state index < -0.39 is 7.82 Å². The summed E-state index contributed by atoms with van der Waals surface area (Å²) >= 11 is 0. The van der Waals surface area contributed by atoms with Gasteiger partial charge in [0.1, 0.15) is 5.75 Å². The molecular weight excluding hydrogens is 315 g/mol. The molecule has 1 heterocycles. The van der Waals surface area contributed by atoms with E-state index in [0.717, 1.165) is 43.9 Å². The molecule has 23 heavy (non-hydrogen) atoms. The number of hydrogen-bond donors (Lipinski definition) is 3. The van der Waals surface area contributed by atoms with Crippen LogP contribution >= 0.6 is 7.82 Å². The van der Waals surface area contributed by atoms with Gasteiger partial charge in [0.15, 0.2) is 0 Å². The third-order valence-corrected chi connectivity index (χ3v) is 4.24. The van der Waals surface area contributed by atoms with Crippen molar-refractivity contribution in [3.8, 4) is 5.75 Å². The Kier molecular flexibility index (Phi) is 6.02. The van der Waals surface area contributed by atoms with Crippen molar-refractivity contribution >= 4 is 13.5 Å². The van der Waals surface area contributed by atoms with Crippen LogP contribution in [0.3, 0.4) is 0 Å². The zero-order valence-electron chi connectivity index (χ0n) is 13.0. The number of nitrogens with zero attached hydrogens (tertiary/aromatic N) is 1. The average Bonchev–Trinajstić information content (AvgIpc) is 2.86. The highest BCUT2D eigenvalue weighted by molar-refractivity contribution is 7.46. The minimum absolute atomic E-state index is 0.171. The Morgan fingerprint density at radius 1 is 1.35 bits per heavy atom.